The highest BCUT2D eigenvalue weighted by Gasteiger charge is 2.37. The lowest BCUT2D eigenvalue weighted by Gasteiger charge is -2.31. The van der Waals surface area contributed by atoms with Gasteiger partial charge >= 0.3 is 0 Å². The van der Waals surface area contributed by atoms with Crippen LogP contribution in [-0.4, -0.2) is 31.7 Å². The standard InChI is InChI=1S/C24H29ClN2O3S/c1-16-3-10-22(15-17(16)2)31(29,30)27-13-11-20(12-14-27)24(28)26-23(18-4-5-18)19-6-8-21(25)9-7-19/h3,6-10,15,18,20,23H,4-5,11-14H2,1-2H3,(H,26,28)/t23-/m0/s1. The maximum absolute atomic E-state index is 13.0. The van der Waals surface area contributed by atoms with Crippen LogP contribution in [0, 0.1) is 25.7 Å². The SMILES string of the molecule is Cc1ccc(S(=O)(=O)N2CCC(C(=O)N[C@H](c3ccc(Cl)cc3)C3CC3)CC2)cc1C. The van der Waals surface area contributed by atoms with E-state index in [9.17, 15) is 13.2 Å². The van der Waals surface area contributed by atoms with Gasteiger partial charge in [0.25, 0.3) is 0 Å². The van der Waals surface area contributed by atoms with Crippen LogP contribution in [0.5, 0.6) is 0 Å². The fourth-order valence-electron chi connectivity index (χ4n) is 4.23. The lowest BCUT2D eigenvalue weighted by Crippen LogP contribution is -2.44. The molecule has 4 rings (SSSR count). The van der Waals surface area contributed by atoms with Crippen molar-refractivity contribution in [2.24, 2.45) is 11.8 Å². The second-order valence-electron chi connectivity index (χ2n) is 8.80. The molecule has 0 aromatic heterocycles. The predicted octanol–water partition coefficient (Wildman–Crippen LogP) is 4.63. The summed E-state index contributed by atoms with van der Waals surface area (Å²) in [6, 6.07) is 12.9. The van der Waals surface area contributed by atoms with Gasteiger partial charge in [0.1, 0.15) is 0 Å². The van der Waals surface area contributed by atoms with Crippen LogP contribution >= 0.6 is 11.6 Å². The first-order valence-corrected chi connectivity index (χ1v) is 12.7. The van der Waals surface area contributed by atoms with Gasteiger partial charge in [0.05, 0.1) is 10.9 Å². The molecule has 1 amide bonds. The molecule has 0 bridgehead atoms. The van der Waals surface area contributed by atoms with Crippen molar-refractivity contribution in [3.8, 4) is 0 Å². The van der Waals surface area contributed by atoms with Gasteiger partial charge in [-0.1, -0.05) is 29.8 Å². The number of hydrogen-bond acceptors (Lipinski definition) is 3. The van der Waals surface area contributed by atoms with E-state index in [0.29, 0.717) is 41.8 Å². The summed E-state index contributed by atoms with van der Waals surface area (Å²) < 4.78 is 27.6. The molecule has 0 spiro atoms. The Balaban J connectivity index is 1.39. The molecular formula is C24H29ClN2O3S. The minimum atomic E-state index is -3.53. The van der Waals surface area contributed by atoms with E-state index >= 15 is 0 Å². The van der Waals surface area contributed by atoms with E-state index < -0.39 is 10.0 Å². The van der Waals surface area contributed by atoms with Crippen LogP contribution in [0.3, 0.4) is 0 Å². The van der Waals surface area contributed by atoms with Gasteiger partial charge in [-0.15, -0.1) is 0 Å². The van der Waals surface area contributed by atoms with Gasteiger partial charge in [-0.2, -0.15) is 4.31 Å². The molecule has 2 fully saturated rings. The Bertz CT molecular complexity index is 1060. The molecule has 5 nitrogen and oxygen atoms in total. The van der Waals surface area contributed by atoms with Crippen LogP contribution in [0.1, 0.15) is 48.4 Å². The molecule has 2 aromatic rings. The van der Waals surface area contributed by atoms with Crippen LogP contribution < -0.4 is 5.32 Å². The molecule has 0 unspecified atom stereocenters. The first-order chi connectivity index (χ1) is 14.8. The van der Waals surface area contributed by atoms with Crippen LogP contribution in [0.25, 0.3) is 0 Å². The molecule has 166 valence electrons. The molecule has 1 saturated carbocycles. The van der Waals surface area contributed by atoms with Crippen molar-refractivity contribution in [2.75, 3.05) is 13.1 Å². The van der Waals surface area contributed by atoms with E-state index in [2.05, 4.69) is 5.32 Å². The van der Waals surface area contributed by atoms with E-state index in [1.807, 2.05) is 44.2 Å². The molecule has 1 aliphatic heterocycles. The number of halogens is 1. The lowest BCUT2D eigenvalue weighted by atomic mass is 9.95. The molecule has 1 heterocycles. The summed E-state index contributed by atoms with van der Waals surface area (Å²) in [6.07, 6.45) is 3.29. The highest BCUT2D eigenvalue weighted by Crippen LogP contribution is 2.41. The Morgan fingerprint density at radius 3 is 2.23 bits per heavy atom. The number of rotatable bonds is 6. The monoisotopic (exact) mass is 460 g/mol. The van der Waals surface area contributed by atoms with Gasteiger partial charge in [0, 0.05) is 24.0 Å². The first-order valence-electron chi connectivity index (χ1n) is 10.9. The van der Waals surface area contributed by atoms with Gasteiger partial charge in [0.2, 0.25) is 15.9 Å². The number of amides is 1. The van der Waals surface area contributed by atoms with Gasteiger partial charge < -0.3 is 5.32 Å². The van der Waals surface area contributed by atoms with E-state index in [-0.39, 0.29) is 17.9 Å². The highest BCUT2D eigenvalue weighted by molar-refractivity contribution is 7.89. The largest absolute Gasteiger partial charge is 0.349 e. The Labute approximate surface area is 189 Å². The summed E-state index contributed by atoms with van der Waals surface area (Å²) in [5.41, 5.74) is 3.11. The van der Waals surface area contributed by atoms with Crippen LogP contribution in [0.2, 0.25) is 5.02 Å². The fourth-order valence-corrected chi connectivity index (χ4v) is 5.91. The summed E-state index contributed by atoms with van der Waals surface area (Å²) >= 11 is 6.01. The van der Waals surface area contributed by atoms with E-state index in [0.717, 1.165) is 29.5 Å². The average molecular weight is 461 g/mol. The van der Waals surface area contributed by atoms with Crippen LogP contribution in [0.4, 0.5) is 0 Å². The Kier molecular flexibility index (Phi) is 6.42. The zero-order valence-electron chi connectivity index (χ0n) is 18.0. The third kappa shape index (κ3) is 4.97. The number of sulfonamides is 1. The summed E-state index contributed by atoms with van der Waals surface area (Å²) in [7, 11) is -3.53. The van der Waals surface area contributed by atoms with Crippen LogP contribution in [0.15, 0.2) is 47.4 Å². The van der Waals surface area contributed by atoms with Crippen molar-refractivity contribution in [1.29, 1.82) is 0 Å². The van der Waals surface area contributed by atoms with Gasteiger partial charge in [-0.25, -0.2) is 8.42 Å². The first kappa shape index (κ1) is 22.3. The molecule has 0 radical (unpaired) electrons. The summed E-state index contributed by atoms with van der Waals surface area (Å²) in [5, 5.41) is 3.92. The average Bonchev–Trinajstić information content (AvgIpc) is 3.60. The molecule has 31 heavy (non-hydrogen) atoms. The number of carbonyl (C=O) groups is 1. The highest BCUT2D eigenvalue weighted by atomic mass is 35.5. The van der Waals surface area contributed by atoms with E-state index in [4.69, 9.17) is 11.6 Å². The fraction of sp³-hybridized carbons (Fsp3) is 0.458. The van der Waals surface area contributed by atoms with Gasteiger partial charge in [0.15, 0.2) is 0 Å². The van der Waals surface area contributed by atoms with Crippen molar-refractivity contribution in [3.63, 3.8) is 0 Å². The smallest absolute Gasteiger partial charge is 0.243 e. The molecular weight excluding hydrogens is 432 g/mol. The molecule has 1 saturated heterocycles. The summed E-state index contributed by atoms with van der Waals surface area (Å²) in [6.45, 7) is 4.61. The van der Waals surface area contributed by atoms with E-state index in [1.54, 1.807) is 12.1 Å². The second-order valence-corrected chi connectivity index (χ2v) is 11.2. The van der Waals surface area contributed by atoms with Crippen molar-refractivity contribution < 1.29 is 13.2 Å². The third-order valence-electron chi connectivity index (χ3n) is 6.56. The van der Waals surface area contributed by atoms with E-state index in [1.165, 1.54) is 4.31 Å². The lowest BCUT2D eigenvalue weighted by molar-refractivity contribution is -0.127. The Hall–Kier alpha value is -1.89. The molecule has 7 heteroatoms. The molecule has 2 aromatic carbocycles. The zero-order valence-corrected chi connectivity index (χ0v) is 19.5. The quantitative estimate of drug-likeness (QED) is 0.683. The maximum Gasteiger partial charge on any atom is 0.243 e. The number of nitrogens with one attached hydrogen (secondary N) is 1. The van der Waals surface area contributed by atoms with Crippen molar-refractivity contribution in [1.82, 2.24) is 9.62 Å². The minimum absolute atomic E-state index is 0.00191. The minimum Gasteiger partial charge on any atom is -0.349 e. The normalized spacial score (nSPS) is 19.2. The molecule has 1 aliphatic carbocycles. The molecule has 2 aliphatic rings. The predicted molar refractivity (Wildman–Crippen MR) is 122 cm³/mol. The Morgan fingerprint density at radius 2 is 1.65 bits per heavy atom. The maximum atomic E-state index is 13.0. The van der Waals surface area contributed by atoms with Gasteiger partial charge in [-0.05, 0) is 86.4 Å². The third-order valence-corrected chi connectivity index (χ3v) is 8.71. The molecule has 1 N–H and O–H groups in total. The van der Waals surface area contributed by atoms with Crippen molar-refractivity contribution in [3.05, 3.63) is 64.2 Å². The Morgan fingerprint density at radius 1 is 1.00 bits per heavy atom. The number of carbonyl (C=O) groups excluding carboxylic acids is 1. The van der Waals surface area contributed by atoms with Crippen LogP contribution in [-0.2, 0) is 14.8 Å². The topological polar surface area (TPSA) is 66.5 Å². The number of hydrogen-bond donors (Lipinski definition) is 1. The zero-order chi connectivity index (χ0) is 22.2. The number of benzene rings is 2. The van der Waals surface area contributed by atoms with Crippen molar-refractivity contribution in [2.45, 2.75) is 50.5 Å². The number of piperidine rings is 1. The van der Waals surface area contributed by atoms with Crippen molar-refractivity contribution >= 4 is 27.5 Å². The summed E-state index contributed by atoms with van der Waals surface area (Å²) in [5.74, 6) is 0.324. The van der Waals surface area contributed by atoms with Gasteiger partial charge in [-0.3, -0.25) is 4.79 Å². The second kappa shape index (κ2) is 8.93. The molecule has 1 atom stereocenters. The number of nitrogens with zero attached hydrogens (tertiary/aromatic N) is 1. The number of aryl methyl sites for hydroxylation is 2. The summed E-state index contributed by atoms with van der Waals surface area (Å²) in [4.78, 5) is 13.3.